The molecule has 2 heteroatoms. The molecule has 20 heavy (non-hydrogen) atoms. The lowest BCUT2D eigenvalue weighted by Gasteiger charge is -2.25. The zero-order valence-corrected chi connectivity index (χ0v) is 13.3. The van der Waals surface area contributed by atoms with Gasteiger partial charge in [-0.25, -0.2) is 0 Å². The Balaban J connectivity index is 2.19. The van der Waals surface area contributed by atoms with E-state index in [2.05, 4.69) is 20.8 Å². The van der Waals surface area contributed by atoms with Gasteiger partial charge in [-0.3, -0.25) is 0 Å². The molecule has 0 radical (unpaired) electrons. The minimum absolute atomic E-state index is 0.139. The van der Waals surface area contributed by atoms with Crippen molar-refractivity contribution in [3.8, 4) is 5.75 Å². The van der Waals surface area contributed by atoms with Gasteiger partial charge in [-0.2, -0.15) is 0 Å². The van der Waals surface area contributed by atoms with Gasteiger partial charge in [0, 0.05) is 13.0 Å². The van der Waals surface area contributed by atoms with Gasteiger partial charge in [-0.15, -0.1) is 0 Å². The molecule has 0 atom stereocenters. The van der Waals surface area contributed by atoms with Crippen LogP contribution in [0.4, 0.5) is 0 Å². The average molecular weight is 278 g/mol. The first-order valence-electron chi connectivity index (χ1n) is 7.95. The number of phenolic OH excluding ortho intramolecular Hbond substituents is 1. The number of hydrogen-bond donors (Lipinski definition) is 1. The molecule has 0 saturated carbocycles. The maximum atomic E-state index is 9.29. The normalized spacial score (nSPS) is 11.8. The molecule has 0 saturated heterocycles. The van der Waals surface area contributed by atoms with E-state index in [-0.39, 0.29) is 5.60 Å². The monoisotopic (exact) mass is 278 g/mol. The lowest BCUT2D eigenvalue weighted by atomic mass is 9.98. The van der Waals surface area contributed by atoms with Crippen LogP contribution in [0.5, 0.6) is 5.75 Å². The second-order valence-electron chi connectivity index (χ2n) is 6.22. The van der Waals surface area contributed by atoms with Crippen LogP contribution in [0.3, 0.4) is 0 Å². The van der Waals surface area contributed by atoms with E-state index in [1.165, 1.54) is 37.7 Å². The Morgan fingerprint density at radius 3 is 2.20 bits per heavy atom. The van der Waals surface area contributed by atoms with Crippen LogP contribution in [-0.4, -0.2) is 17.3 Å². The number of phenols is 1. The Bertz CT molecular complexity index is 354. The number of rotatable bonds is 10. The van der Waals surface area contributed by atoms with Gasteiger partial charge in [0.05, 0.1) is 5.60 Å². The Kier molecular flexibility index (Phi) is 7.68. The minimum Gasteiger partial charge on any atom is -0.508 e. The fourth-order valence-electron chi connectivity index (χ4n) is 2.39. The van der Waals surface area contributed by atoms with Crippen LogP contribution >= 0.6 is 0 Å². The van der Waals surface area contributed by atoms with Gasteiger partial charge < -0.3 is 9.84 Å². The molecule has 1 aromatic rings. The summed E-state index contributed by atoms with van der Waals surface area (Å²) in [6.07, 6.45) is 8.65. The van der Waals surface area contributed by atoms with Crippen LogP contribution in [0.15, 0.2) is 24.3 Å². The smallest absolute Gasteiger partial charge is 0.115 e. The Morgan fingerprint density at radius 2 is 1.55 bits per heavy atom. The number of aromatic hydroxyl groups is 1. The first-order valence-corrected chi connectivity index (χ1v) is 7.95. The number of ether oxygens (including phenoxy) is 1. The predicted molar refractivity (Wildman–Crippen MR) is 85.2 cm³/mol. The van der Waals surface area contributed by atoms with Gasteiger partial charge in [0.15, 0.2) is 0 Å². The van der Waals surface area contributed by atoms with Gasteiger partial charge in [0.2, 0.25) is 0 Å². The molecule has 114 valence electrons. The molecule has 0 aliphatic carbocycles. The third-order valence-corrected chi connectivity index (χ3v) is 3.56. The number of benzene rings is 1. The Labute approximate surface area is 124 Å². The zero-order valence-electron chi connectivity index (χ0n) is 13.3. The third kappa shape index (κ3) is 7.54. The molecule has 0 aromatic heterocycles. The summed E-state index contributed by atoms with van der Waals surface area (Å²) >= 11 is 0. The molecule has 0 amide bonds. The van der Waals surface area contributed by atoms with Crippen molar-refractivity contribution in [3.63, 3.8) is 0 Å². The van der Waals surface area contributed by atoms with Gasteiger partial charge in [0.25, 0.3) is 0 Å². The first kappa shape index (κ1) is 17.0. The fourth-order valence-corrected chi connectivity index (χ4v) is 2.39. The summed E-state index contributed by atoms with van der Waals surface area (Å²) in [4.78, 5) is 0. The van der Waals surface area contributed by atoms with Gasteiger partial charge in [-0.1, -0.05) is 51.2 Å². The van der Waals surface area contributed by atoms with E-state index in [0.717, 1.165) is 19.4 Å². The van der Waals surface area contributed by atoms with Crippen LogP contribution in [0, 0.1) is 0 Å². The fraction of sp³-hybridized carbons (Fsp3) is 0.667. The van der Waals surface area contributed by atoms with Crippen LogP contribution in [0.25, 0.3) is 0 Å². The topological polar surface area (TPSA) is 29.5 Å². The molecule has 0 aliphatic heterocycles. The first-order chi connectivity index (χ1) is 9.53. The minimum atomic E-state index is -0.139. The quantitative estimate of drug-likeness (QED) is 0.604. The lowest BCUT2D eigenvalue weighted by molar-refractivity contribution is -0.0187. The summed E-state index contributed by atoms with van der Waals surface area (Å²) < 4.78 is 6.01. The maximum absolute atomic E-state index is 9.29. The van der Waals surface area contributed by atoms with E-state index < -0.39 is 0 Å². The summed E-state index contributed by atoms with van der Waals surface area (Å²) in [5, 5.41) is 9.29. The van der Waals surface area contributed by atoms with E-state index in [1.807, 2.05) is 12.1 Å². The molecule has 1 aromatic carbocycles. The average Bonchev–Trinajstić information content (AvgIpc) is 2.40. The predicted octanol–water partition coefficient (Wildman–Crippen LogP) is 5.09. The Morgan fingerprint density at radius 1 is 0.950 bits per heavy atom. The summed E-state index contributed by atoms with van der Waals surface area (Å²) in [6, 6.07) is 7.40. The Hall–Kier alpha value is -1.02. The van der Waals surface area contributed by atoms with Crippen molar-refractivity contribution >= 4 is 0 Å². The van der Waals surface area contributed by atoms with Crippen molar-refractivity contribution < 1.29 is 9.84 Å². The SMILES string of the molecule is CCCCCCCCOC(C)(C)Cc1ccc(O)cc1. The van der Waals surface area contributed by atoms with Crippen molar-refractivity contribution in [2.75, 3.05) is 6.61 Å². The molecular formula is C18H30O2. The molecule has 0 heterocycles. The van der Waals surface area contributed by atoms with E-state index in [0.29, 0.717) is 5.75 Å². The molecule has 0 fully saturated rings. The van der Waals surface area contributed by atoms with Crippen LogP contribution in [-0.2, 0) is 11.2 Å². The maximum Gasteiger partial charge on any atom is 0.115 e. The van der Waals surface area contributed by atoms with Crippen LogP contribution in [0.2, 0.25) is 0 Å². The lowest BCUT2D eigenvalue weighted by Crippen LogP contribution is -2.27. The zero-order chi connectivity index (χ0) is 14.8. The molecule has 1 rings (SSSR count). The van der Waals surface area contributed by atoms with Crippen LogP contribution < -0.4 is 0 Å². The second kappa shape index (κ2) is 9.02. The summed E-state index contributed by atoms with van der Waals surface area (Å²) in [6.45, 7) is 7.36. The molecular weight excluding hydrogens is 248 g/mol. The highest BCUT2D eigenvalue weighted by atomic mass is 16.5. The van der Waals surface area contributed by atoms with Crippen molar-refractivity contribution in [1.82, 2.24) is 0 Å². The molecule has 0 unspecified atom stereocenters. The van der Waals surface area contributed by atoms with Gasteiger partial charge >= 0.3 is 0 Å². The van der Waals surface area contributed by atoms with Crippen molar-refractivity contribution in [2.24, 2.45) is 0 Å². The number of unbranched alkanes of at least 4 members (excludes halogenated alkanes) is 5. The molecule has 0 bridgehead atoms. The highest BCUT2D eigenvalue weighted by molar-refractivity contribution is 5.26. The summed E-state index contributed by atoms with van der Waals surface area (Å²) in [5.74, 6) is 0.319. The third-order valence-electron chi connectivity index (χ3n) is 3.56. The largest absolute Gasteiger partial charge is 0.508 e. The van der Waals surface area contributed by atoms with Gasteiger partial charge in [-0.05, 0) is 38.0 Å². The standard InChI is InChI=1S/C18H30O2/c1-4-5-6-7-8-9-14-20-18(2,3)15-16-10-12-17(19)13-11-16/h10-13,19H,4-9,14-15H2,1-3H3. The van der Waals surface area contributed by atoms with Crippen molar-refractivity contribution in [1.29, 1.82) is 0 Å². The van der Waals surface area contributed by atoms with E-state index >= 15 is 0 Å². The highest BCUT2D eigenvalue weighted by Crippen LogP contribution is 2.19. The molecule has 0 spiro atoms. The van der Waals surface area contributed by atoms with E-state index in [1.54, 1.807) is 12.1 Å². The molecule has 2 nitrogen and oxygen atoms in total. The molecule has 1 N–H and O–H groups in total. The highest BCUT2D eigenvalue weighted by Gasteiger charge is 2.18. The molecule has 0 aliphatic rings. The number of hydrogen-bond acceptors (Lipinski definition) is 2. The van der Waals surface area contributed by atoms with Crippen molar-refractivity contribution in [2.45, 2.75) is 71.3 Å². The van der Waals surface area contributed by atoms with Gasteiger partial charge in [0.1, 0.15) is 5.75 Å². The van der Waals surface area contributed by atoms with Crippen molar-refractivity contribution in [3.05, 3.63) is 29.8 Å². The summed E-state index contributed by atoms with van der Waals surface area (Å²) in [7, 11) is 0. The van der Waals surface area contributed by atoms with E-state index in [4.69, 9.17) is 4.74 Å². The van der Waals surface area contributed by atoms with Crippen LogP contribution in [0.1, 0.15) is 64.9 Å². The second-order valence-corrected chi connectivity index (χ2v) is 6.22. The van der Waals surface area contributed by atoms with E-state index in [9.17, 15) is 5.11 Å². The summed E-state index contributed by atoms with van der Waals surface area (Å²) in [5.41, 5.74) is 1.07.